The van der Waals surface area contributed by atoms with Gasteiger partial charge in [0, 0.05) is 16.3 Å². The van der Waals surface area contributed by atoms with Crippen molar-refractivity contribution in [1.29, 1.82) is 0 Å². The van der Waals surface area contributed by atoms with E-state index in [4.69, 9.17) is 10.2 Å². The first-order valence-corrected chi connectivity index (χ1v) is 17.0. The Hall–Kier alpha value is -6.78. The highest BCUT2D eigenvalue weighted by atomic mass is 15.5. The van der Waals surface area contributed by atoms with Crippen molar-refractivity contribution < 1.29 is 0 Å². The Labute approximate surface area is 288 Å². The van der Waals surface area contributed by atoms with Gasteiger partial charge in [0.1, 0.15) is 11.0 Å². The minimum atomic E-state index is 0.857. The lowest BCUT2D eigenvalue weighted by molar-refractivity contribution is 0.766. The highest BCUT2D eigenvalue weighted by molar-refractivity contribution is 6.30. The molecular weight excluding hydrogens is 609 g/mol. The molecule has 4 heteroatoms. The van der Waals surface area contributed by atoms with Crippen LogP contribution in [0.5, 0.6) is 0 Å². The largest absolute Gasteiger partial charge is 0.309 e. The van der Waals surface area contributed by atoms with E-state index < -0.39 is 0 Å². The molecule has 0 amide bonds. The summed E-state index contributed by atoms with van der Waals surface area (Å²) < 4.78 is 2.46. The van der Waals surface area contributed by atoms with E-state index in [1.54, 1.807) is 4.80 Å². The zero-order valence-corrected chi connectivity index (χ0v) is 27.0. The van der Waals surface area contributed by atoms with E-state index in [1.807, 2.05) is 6.07 Å². The van der Waals surface area contributed by atoms with Gasteiger partial charge in [-0.25, -0.2) is 0 Å². The van der Waals surface area contributed by atoms with Gasteiger partial charge in [-0.2, -0.15) is 4.80 Å². The lowest BCUT2D eigenvalue weighted by Crippen LogP contribution is -1.98. The molecule has 1 aliphatic rings. The van der Waals surface area contributed by atoms with E-state index in [9.17, 15) is 0 Å². The molecule has 0 saturated carbocycles. The first-order valence-electron chi connectivity index (χ1n) is 17.0. The number of para-hydroxylation sites is 1. The van der Waals surface area contributed by atoms with Crippen molar-refractivity contribution in [2.75, 3.05) is 0 Å². The third kappa shape index (κ3) is 3.87. The minimum absolute atomic E-state index is 0.857. The molecule has 0 spiro atoms. The molecule has 232 valence electrons. The molecule has 0 radical (unpaired) electrons. The average Bonchev–Trinajstić information content (AvgIpc) is 3.74. The van der Waals surface area contributed by atoms with E-state index >= 15 is 0 Å². The van der Waals surface area contributed by atoms with Gasteiger partial charge in [0.15, 0.2) is 0 Å². The monoisotopic (exact) mass is 636 g/mol. The predicted molar refractivity (Wildman–Crippen MR) is 206 cm³/mol. The predicted octanol–water partition coefficient (Wildman–Crippen LogP) is 11.7. The van der Waals surface area contributed by atoms with Gasteiger partial charge < -0.3 is 4.57 Å². The maximum atomic E-state index is 4.95. The molecule has 0 fully saturated rings. The van der Waals surface area contributed by atoms with Gasteiger partial charge in [0.05, 0.1) is 22.4 Å². The van der Waals surface area contributed by atoms with Crippen molar-refractivity contribution in [2.24, 2.45) is 0 Å². The van der Waals surface area contributed by atoms with Crippen molar-refractivity contribution in [2.45, 2.75) is 0 Å². The van der Waals surface area contributed by atoms with E-state index in [2.05, 4.69) is 168 Å². The summed E-state index contributed by atoms with van der Waals surface area (Å²) in [4.78, 5) is 1.74. The fourth-order valence-corrected chi connectivity index (χ4v) is 8.12. The Kier molecular flexibility index (Phi) is 5.63. The topological polar surface area (TPSA) is 35.6 Å². The summed E-state index contributed by atoms with van der Waals surface area (Å²) in [5.74, 6) is 0. The highest BCUT2D eigenvalue weighted by Crippen LogP contribution is 2.50. The molecular formula is C46H28N4. The van der Waals surface area contributed by atoms with Crippen LogP contribution in [0.15, 0.2) is 170 Å². The van der Waals surface area contributed by atoms with Gasteiger partial charge in [0.2, 0.25) is 0 Å². The third-order valence-corrected chi connectivity index (χ3v) is 10.3. The van der Waals surface area contributed by atoms with Crippen molar-refractivity contribution in [3.05, 3.63) is 170 Å². The zero-order chi connectivity index (χ0) is 32.8. The van der Waals surface area contributed by atoms with Crippen LogP contribution < -0.4 is 0 Å². The van der Waals surface area contributed by atoms with Crippen molar-refractivity contribution in [1.82, 2.24) is 19.6 Å². The minimum Gasteiger partial charge on any atom is -0.309 e. The molecule has 2 heterocycles. The molecule has 8 aromatic carbocycles. The van der Waals surface area contributed by atoms with E-state index in [-0.39, 0.29) is 0 Å². The number of benzene rings is 8. The molecule has 0 saturated heterocycles. The smallest absolute Gasteiger partial charge is 0.114 e. The fourth-order valence-electron chi connectivity index (χ4n) is 8.12. The summed E-state index contributed by atoms with van der Waals surface area (Å²) in [7, 11) is 0. The lowest BCUT2D eigenvalue weighted by Gasteiger charge is -2.16. The Balaban J connectivity index is 1.09. The second kappa shape index (κ2) is 10.4. The number of aromatic nitrogens is 4. The quantitative estimate of drug-likeness (QED) is 0.193. The Morgan fingerprint density at radius 1 is 0.360 bits per heavy atom. The molecule has 0 aliphatic heterocycles. The van der Waals surface area contributed by atoms with Gasteiger partial charge >= 0.3 is 0 Å². The molecule has 1 aliphatic carbocycles. The van der Waals surface area contributed by atoms with Crippen molar-refractivity contribution >= 4 is 43.6 Å². The average molecular weight is 637 g/mol. The van der Waals surface area contributed by atoms with Crippen LogP contribution >= 0.6 is 0 Å². The van der Waals surface area contributed by atoms with Crippen LogP contribution in [0.1, 0.15) is 0 Å². The number of fused-ring (bicyclic) bond motifs is 4. The fraction of sp³-hybridized carbons (Fsp3) is 0. The van der Waals surface area contributed by atoms with E-state index in [1.165, 1.54) is 66.0 Å². The van der Waals surface area contributed by atoms with Crippen molar-refractivity contribution in [3.63, 3.8) is 0 Å². The molecule has 10 aromatic rings. The standard InChI is InChI=1S/C46H28N4/c1-2-10-29(11-3-1)30-20-24-33(25-21-30)50-47-39-26-22-32(28-40(39)48-50)34-13-6-7-18-41(34)49-42-19-9-17-38-36-15-5-4-14-35(36)37-16-8-12-31-23-27-43(49)46(44(31)37)45(38)42/h1-28H. The number of hydrogen-bond donors (Lipinski definition) is 0. The molecule has 11 rings (SSSR count). The molecule has 0 unspecified atom stereocenters. The molecule has 50 heavy (non-hydrogen) atoms. The maximum absolute atomic E-state index is 4.95. The summed E-state index contributed by atoms with van der Waals surface area (Å²) in [5, 5.41) is 15.0. The normalized spacial score (nSPS) is 12.0. The second-order valence-corrected chi connectivity index (χ2v) is 13.1. The molecule has 4 nitrogen and oxygen atoms in total. The van der Waals surface area contributed by atoms with Gasteiger partial charge in [0.25, 0.3) is 0 Å². The third-order valence-electron chi connectivity index (χ3n) is 10.3. The molecule has 2 aromatic heterocycles. The Morgan fingerprint density at radius 3 is 1.80 bits per heavy atom. The number of hydrogen-bond acceptors (Lipinski definition) is 2. The Bertz CT molecular complexity index is 2970. The van der Waals surface area contributed by atoms with Gasteiger partial charge in [-0.1, -0.05) is 127 Å². The molecule has 0 N–H and O–H groups in total. The zero-order valence-electron chi connectivity index (χ0n) is 27.0. The summed E-state index contributed by atoms with van der Waals surface area (Å²) >= 11 is 0. The summed E-state index contributed by atoms with van der Waals surface area (Å²) in [6, 6.07) is 60.9. The van der Waals surface area contributed by atoms with Crippen LogP contribution in [0.4, 0.5) is 0 Å². The highest BCUT2D eigenvalue weighted by Gasteiger charge is 2.25. The summed E-state index contributed by atoms with van der Waals surface area (Å²) in [5.41, 5.74) is 15.9. The van der Waals surface area contributed by atoms with Crippen LogP contribution in [-0.4, -0.2) is 19.6 Å². The maximum Gasteiger partial charge on any atom is 0.114 e. The van der Waals surface area contributed by atoms with Gasteiger partial charge in [-0.15, -0.1) is 10.2 Å². The van der Waals surface area contributed by atoms with E-state index in [0.29, 0.717) is 0 Å². The van der Waals surface area contributed by atoms with E-state index in [0.717, 1.165) is 33.5 Å². The van der Waals surface area contributed by atoms with Gasteiger partial charge in [-0.05, 0) is 92.2 Å². The second-order valence-electron chi connectivity index (χ2n) is 13.1. The van der Waals surface area contributed by atoms with Crippen LogP contribution in [-0.2, 0) is 0 Å². The number of rotatable bonds is 4. The SMILES string of the molecule is c1ccc(-c2ccc(-n3nc4ccc(-c5ccccc5-n5c6cccc7c6c6c8c(cccc8ccc65)-c5ccccc5-7)cc4n3)cc2)cc1. The molecule has 0 atom stereocenters. The summed E-state index contributed by atoms with van der Waals surface area (Å²) in [6.45, 7) is 0. The van der Waals surface area contributed by atoms with Crippen LogP contribution in [0.3, 0.4) is 0 Å². The summed E-state index contributed by atoms with van der Waals surface area (Å²) in [6.07, 6.45) is 0. The van der Waals surface area contributed by atoms with Gasteiger partial charge in [-0.3, -0.25) is 0 Å². The number of nitrogens with zero attached hydrogens (tertiary/aromatic N) is 4. The van der Waals surface area contributed by atoms with Crippen LogP contribution in [0.2, 0.25) is 0 Å². The lowest BCUT2D eigenvalue weighted by atomic mass is 9.93. The van der Waals surface area contributed by atoms with Crippen LogP contribution in [0.25, 0.3) is 99.5 Å². The Morgan fingerprint density at radius 2 is 0.980 bits per heavy atom. The molecule has 0 bridgehead atoms. The van der Waals surface area contributed by atoms with Crippen molar-refractivity contribution in [3.8, 4) is 55.9 Å². The van der Waals surface area contributed by atoms with Crippen LogP contribution in [0, 0.1) is 0 Å². The first kappa shape index (κ1) is 27.2. The first-order chi connectivity index (χ1) is 24.8.